The first-order valence-electron chi connectivity index (χ1n) is 5.74. The largest absolute Gasteiger partial charge is 0.457 e. The second-order valence-corrected chi connectivity index (χ2v) is 5.02. The van der Waals surface area contributed by atoms with Crippen molar-refractivity contribution in [2.75, 3.05) is 5.73 Å². The lowest BCUT2D eigenvalue weighted by molar-refractivity contribution is 0.0466. The van der Waals surface area contributed by atoms with Gasteiger partial charge < -0.3 is 10.5 Å². The van der Waals surface area contributed by atoms with Crippen molar-refractivity contribution in [3.05, 3.63) is 63.4 Å². The zero-order valence-electron chi connectivity index (χ0n) is 10.5. The number of nitrogens with two attached hydrogens (primary N) is 1. The Morgan fingerprint density at radius 2 is 1.86 bits per heavy atom. The van der Waals surface area contributed by atoms with Gasteiger partial charge in [-0.3, -0.25) is 0 Å². The van der Waals surface area contributed by atoms with Gasteiger partial charge in [-0.05, 0) is 18.2 Å². The summed E-state index contributed by atoms with van der Waals surface area (Å²) in [5.74, 6) is -3.38. The standard InChI is InChI=1S/C14H9BrF3NO2/c15-10-3-8(16)2-1-7(10)6-21-14(20)9-4-12(18)13(19)5-11(9)17/h1-5H,6,19H2. The lowest BCUT2D eigenvalue weighted by atomic mass is 10.2. The zero-order chi connectivity index (χ0) is 15.6. The highest BCUT2D eigenvalue weighted by molar-refractivity contribution is 9.10. The molecule has 2 aromatic carbocycles. The van der Waals surface area contributed by atoms with Crippen molar-refractivity contribution in [2.45, 2.75) is 6.61 Å². The Bertz CT molecular complexity index is 707. The maximum atomic E-state index is 13.5. The summed E-state index contributed by atoms with van der Waals surface area (Å²) in [5.41, 5.74) is 4.71. The monoisotopic (exact) mass is 359 g/mol. The fraction of sp³-hybridized carbons (Fsp3) is 0.0714. The van der Waals surface area contributed by atoms with E-state index in [-0.39, 0.29) is 6.61 Å². The Hall–Kier alpha value is -2.02. The van der Waals surface area contributed by atoms with E-state index in [2.05, 4.69) is 15.9 Å². The third-order valence-corrected chi connectivity index (χ3v) is 3.42. The number of anilines is 1. The summed E-state index contributed by atoms with van der Waals surface area (Å²) in [4.78, 5) is 11.7. The average molecular weight is 360 g/mol. The van der Waals surface area contributed by atoms with Gasteiger partial charge in [0, 0.05) is 16.1 Å². The van der Waals surface area contributed by atoms with E-state index < -0.39 is 34.7 Å². The van der Waals surface area contributed by atoms with Crippen LogP contribution in [0.1, 0.15) is 15.9 Å². The maximum Gasteiger partial charge on any atom is 0.341 e. The molecular formula is C14H9BrF3NO2. The summed E-state index contributed by atoms with van der Waals surface area (Å²) in [6.45, 7) is -0.217. The molecule has 3 nitrogen and oxygen atoms in total. The van der Waals surface area contributed by atoms with Crippen LogP contribution in [0.3, 0.4) is 0 Å². The molecule has 0 aliphatic rings. The van der Waals surface area contributed by atoms with Crippen LogP contribution in [-0.2, 0) is 11.3 Å². The van der Waals surface area contributed by atoms with Crippen LogP contribution in [0.25, 0.3) is 0 Å². The zero-order valence-corrected chi connectivity index (χ0v) is 12.1. The molecule has 0 aliphatic heterocycles. The fourth-order valence-electron chi connectivity index (χ4n) is 1.58. The van der Waals surface area contributed by atoms with Gasteiger partial charge in [0.15, 0.2) is 0 Å². The summed E-state index contributed by atoms with van der Waals surface area (Å²) < 4.78 is 45.0. The number of benzene rings is 2. The number of esters is 1. The molecule has 0 saturated carbocycles. The Morgan fingerprint density at radius 1 is 1.14 bits per heavy atom. The molecule has 0 aromatic heterocycles. The van der Waals surface area contributed by atoms with Gasteiger partial charge in [0.05, 0.1) is 11.3 Å². The van der Waals surface area contributed by atoms with Crippen molar-refractivity contribution in [2.24, 2.45) is 0 Å². The van der Waals surface area contributed by atoms with Crippen LogP contribution in [0, 0.1) is 17.5 Å². The van der Waals surface area contributed by atoms with Crippen LogP contribution in [0.4, 0.5) is 18.9 Å². The topological polar surface area (TPSA) is 52.3 Å². The lowest BCUT2D eigenvalue weighted by Crippen LogP contribution is -2.09. The molecule has 0 saturated heterocycles. The molecule has 7 heteroatoms. The third-order valence-electron chi connectivity index (χ3n) is 2.68. The van der Waals surface area contributed by atoms with Gasteiger partial charge in [-0.2, -0.15) is 0 Å². The number of carbonyl (C=O) groups is 1. The predicted octanol–water partition coefficient (Wildman–Crippen LogP) is 3.81. The minimum absolute atomic E-state index is 0.217. The first-order valence-corrected chi connectivity index (χ1v) is 6.53. The fourth-order valence-corrected chi connectivity index (χ4v) is 2.04. The molecule has 0 atom stereocenters. The van der Waals surface area contributed by atoms with Crippen LogP contribution in [0.2, 0.25) is 0 Å². The summed E-state index contributed by atoms with van der Waals surface area (Å²) in [5, 5.41) is 0. The van der Waals surface area contributed by atoms with Crippen molar-refractivity contribution in [3.8, 4) is 0 Å². The van der Waals surface area contributed by atoms with Crippen LogP contribution < -0.4 is 5.73 Å². The summed E-state index contributed by atoms with van der Waals surface area (Å²) in [6, 6.07) is 5.18. The van der Waals surface area contributed by atoms with E-state index in [9.17, 15) is 18.0 Å². The average Bonchev–Trinajstić information content (AvgIpc) is 2.41. The molecule has 0 fully saturated rings. The summed E-state index contributed by atoms with van der Waals surface area (Å²) >= 11 is 3.11. The van der Waals surface area contributed by atoms with Gasteiger partial charge in [0.25, 0.3) is 0 Å². The van der Waals surface area contributed by atoms with Crippen molar-refractivity contribution >= 4 is 27.6 Å². The highest BCUT2D eigenvalue weighted by atomic mass is 79.9. The van der Waals surface area contributed by atoms with E-state index in [1.807, 2.05) is 0 Å². The molecule has 0 aliphatic carbocycles. The number of hydrogen-bond donors (Lipinski definition) is 1. The maximum absolute atomic E-state index is 13.5. The highest BCUT2D eigenvalue weighted by Gasteiger charge is 2.17. The van der Waals surface area contributed by atoms with E-state index in [4.69, 9.17) is 10.5 Å². The van der Waals surface area contributed by atoms with E-state index in [0.29, 0.717) is 22.2 Å². The normalized spacial score (nSPS) is 10.5. The summed E-state index contributed by atoms with van der Waals surface area (Å²) in [7, 11) is 0. The number of hydrogen-bond acceptors (Lipinski definition) is 3. The van der Waals surface area contributed by atoms with Crippen molar-refractivity contribution in [1.82, 2.24) is 0 Å². The lowest BCUT2D eigenvalue weighted by Gasteiger charge is -2.08. The second-order valence-electron chi connectivity index (χ2n) is 4.17. The van der Waals surface area contributed by atoms with Gasteiger partial charge in [-0.15, -0.1) is 0 Å². The van der Waals surface area contributed by atoms with Gasteiger partial charge in [0.1, 0.15) is 24.1 Å². The molecule has 0 bridgehead atoms. The molecule has 2 rings (SSSR count). The number of halogens is 4. The Labute approximate surface area is 126 Å². The molecule has 110 valence electrons. The summed E-state index contributed by atoms with van der Waals surface area (Å²) in [6.07, 6.45) is 0. The molecule has 0 unspecified atom stereocenters. The van der Waals surface area contributed by atoms with Crippen LogP contribution in [0.15, 0.2) is 34.8 Å². The van der Waals surface area contributed by atoms with Crippen LogP contribution >= 0.6 is 15.9 Å². The van der Waals surface area contributed by atoms with Crippen molar-refractivity contribution in [3.63, 3.8) is 0 Å². The van der Waals surface area contributed by atoms with Crippen LogP contribution in [0.5, 0.6) is 0 Å². The minimum atomic E-state index is -1.04. The molecular weight excluding hydrogens is 351 g/mol. The quantitative estimate of drug-likeness (QED) is 0.669. The molecule has 2 aromatic rings. The van der Waals surface area contributed by atoms with Gasteiger partial charge >= 0.3 is 5.97 Å². The van der Waals surface area contributed by atoms with Gasteiger partial charge in [-0.1, -0.05) is 22.0 Å². The molecule has 0 amide bonds. The highest BCUT2D eigenvalue weighted by Crippen LogP contribution is 2.21. The molecule has 0 heterocycles. The number of carbonyl (C=O) groups excluding carboxylic acids is 1. The Balaban J connectivity index is 2.13. The second kappa shape index (κ2) is 6.17. The third kappa shape index (κ3) is 3.55. The van der Waals surface area contributed by atoms with Gasteiger partial charge in [0.2, 0.25) is 0 Å². The van der Waals surface area contributed by atoms with Crippen LogP contribution in [-0.4, -0.2) is 5.97 Å². The van der Waals surface area contributed by atoms with E-state index in [0.717, 1.165) is 0 Å². The first-order chi connectivity index (χ1) is 9.88. The van der Waals surface area contributed by atoms with E-state index in [1.165, 1.54) is 18.2 Å². The predicted molar refractivity (Wildman–Crippen MR) is 74.0 cm³/mol. The number of ether oxygens (including phenoxy) is 1. The van der Waals surface area contributed by atoms with E-state index >= 15 is 0 Å². The molecule has 2 N–H and O–H groups in total. The molecule has 0 spiro atoms. The number of nitrogen functional groups attached to an aromatic ring is 1. The Morgan fingerprint density at radius 3 is 2.52 bits per heavy atom. The van der Waals surface area contributed by atoms with Crippen molar-refractivity contribution in [1.29, 1.82) is 0 Å². The molecule has 0 radical (unpaired) electrons. The van der Waals surface area contributed by atoms with Crippen molar-refractivity contribution < 1.29 is 22.7 Å². The van der Waals surface area contributed by atoms with E-state index in [1.54, 1.807) is 0 Å². The Kier molecular flexibility index (Phi) is 4.52. The smallest absolute Gasteiger partial charge is 0.341 e. The SMILES string of the molecule is Nc1cc(F)c(C(=O)OCc2ccc(F)cc2Br)cc1F. The molecule has 21 heavy (non-hydrogen) atoms. The first kappa shape index (κ1) is 15.4. The number of rotatable bonds is 3. The van der Waals surface area contributed by atoms with Gasteiger partial charge in [-0.25, -0.2) is 18.0 Å². The minimum Gasteiger partial charge on any atom is -0.457 e.